The molecule has 0 aromatic carbocycles. The minimum absolute atomic E-state index is 0.0178. The van der Waals surface area contributed by atoms with Gasteiger partial charge in [0.05, 0.1) is 0 Å². The molecular weight excluding hydrogens is 204 g/mol. The molecule has 1 aliphatic heterocycles. The smallest absolute Gasteiger partial charge is 0.357 e. The third kappa shape index (κ3) is 1.39. The Bertz CT molecular complexity index is 386. The molecule has 1 aromatic rings. The van der Waals surface area contributed by atoms with Crippen LogP contribution in [0, 0.1) is 5.92 Å². The van der Waals surface area contributed by atoms with Crippen LogP contribution in [0.4, 0.5) is 0 Å². The van der Waals surface area contributed by atoms with Crippen molar-refractivity contribution in [3.63, 3.8) is 0 Å². The van der Waals surface area contributed by atoms with Crippen LogP contribution in [0.5, 0.6) is 0 Å². The lowest BCUT2D eigenvalue weighted by molar-refractivity contribution is 0.0691. The summed E-state index contributed by atoms with van der Waals surface area (Å²) < 4.78 is 1.80. The van der Waals surface area contributed by atoms with Crippen molar-refractivity contribution < 1.29 is 9.90 Å². The lowest BCUT2D eigenvalue weighted by Gasteiger charge is -2.19. The minimum atomic E-state index is -1.05. The van der Waals surface area contributed by atoms with E-state index in [9.17, 15) is 4.79 Å². The van der Waals surface area contributed by atoms with Crippen LogP contribution < -0.4 is 0 Å². The quantitative estimate of drug-likeness (QED) is 0.776. The molecule has 0 spiro atoms. The van der Waals surface area contributed by atoms with Gasteiger partial charge in [0.25, 0.3) is 0 Å². The van der Waals surface area contributed by atoms with E-state index in [1.54, 1.807) is 4.57 Å². The molecule has 1 aliphatic rings. The van der Waals surface area contributed by atoms with Crippen molar-refractivity contribution in [1.82, 2.24) is 9.55 Å². The second kappa shape index (κ2) is 3.28. The molecule has 0 radical (unpaired) electrons. The fourth-order valence-corrected chi connectivity index (χ4v) is 2.06. The van der Waals surface area contributed by atoms with Crippen molar-refractivity contribution in [2.45, 2.75) is 26.3 Å². The van der Waals surface area contributed by atoms with Crippen LogP contribution >= 0.6 is 11.6 Å². The van der Waals surface area contributed by atoms with Crippen LogP contribution in [0.25, 0.3) is 0 Å². The van der Waals surface area contributed by atoms with Crippen molar-refractivity contribution in [1.29, 1.82) is 0 Å². The van der Waals surface area contributed by atoms with E-state index in [4.69, 9.17) is 16.7 Å². The molecule has 0 bridgehead atoms. The molecule has 0 amide bonds. The Morgan fingerprint density at radius 1 is 1.71 bits per heavy atom. The van der Waals surface area contributed by atoms with Crippen molar-refractivity contribution in [2.24, 2.45) is 5.92 Å². The standard InChI is InChI=1S/C9H11ClN2O2/c1-5-2-3-12-6(4-5)11-7(8(12)10)9(13)14/h5H,2-4H2,1H3,(H,13,14)/t5-/m1/s1. The molecule has 2 rings (SSSR count). The van der Waals surface area contributed by atoms with E-state index in [1.165, 1.54) is 0 Å². The van der Waals surface area contributed by atoms with Crippen LogP contribution in [0.1, 0.15) is 29.7 Å². The summed E-state index contributed by atoms with van der Waals surface area (Å²) >= 11 is 5.90. The number of carboxylic acids is 1. The number of aromatic carboxylic acids is 1. The Balaban J connectivity index is 2.45. The number of nitrogens with zero attached hydrogens (tertiary/aromatic N) is 2. The molecule has 0 fully saturated rings. The van der Waals surface area contributed by atoms with Crippen molar-refractivity contribution in [3.05, 3.63) is 16.7 Å². The maximum Gasteiger partial charge on any atom is 0.357 e. The Labute approximate surface area is 86.5 Å². The first-order valence-electron chi connectivity index (χ1n) is 4.57. The molecular formula is C9H11ClN2O2. The lowest BCUT2D eigenvalue weighted by Crippen LogP contribution is -2.17. The predicted octanol–water partition coefficient (Wildman–Crippen LogP) is 1.82. The number of carboxylic acid groups (broad SMARTS) is 1. The van der Waals surface area contributed by atoms with E-state index in [1.807, 2.05) is 0 Å². The van der Waals surface area contributed by atoms with Gasteiger partial charge >= 0.3 is 5.97 Å². The summed E-state index contributed by atoms with van der Waals surface area (Å²) in [4.78, 5) is 14.8. The molecule has 76 valence electrons. The number of fused-ring (bicyclic) bond motifs is 1. The predicted molar refractivity (Wildman–Crippen MR) is 51.7 cm³/mol. The van der Waals surface area contributed by atoms with Gasteiger partial charge in [-0.3, -0.25) is 0 Å². The van der Waals surface area contributed by atoms with Gasteiger partial charge in [-0.05, 0) is 12.3 Å². The highest BCUT2D eigenvalue weighted by atomic mass is 35.5. The Kier molecular flexibility index (Phi) is 2.23. The van der Waals surface area contributed by atoms with Gasteiger partial charge in [-0.1, -0.05) is 18.5 Å². The number of hydrogen-bond acceptors (Lipinski definition) is 2. The first-order chi connectivity index (χ1) is 6.59. The zero-order valence-corrected chi connectivity index (χ0v) is 8.58. The monoisotopic (exact) mass is 214 g/mol. The highest BCUT2D eigenvalue weighted by Gasteiger charge is 2.24. The summed E-state index contributed by atoms with van der Waals surface area (Å²) in [5.41, 5.74) is -0.0178. The fourth-order valence-electron chi connectivity index (χ4n) is 1.76. The van der Waals surface area contributed by atoms with Gasteiger partial charge in [-0.2, -0.15) is 0 Å². The number of hydrogen-bond donors (Lipinski definition) is 1. The van der Waals surface area contributed by atoms with E-state index < -0.39 is 5.97 Å². The topological polar surface area (TPSA) is 55.1 Å². The van der Waals surface area contributed by atoms with Gasteiger partial charge in [0.2, 0.25) is 0 Å². The van der Waals surface area contributed by atoms with Crippen molar-refractivity contribution in [3.8, 4) is 0 Å². The molecule has 5 heteroatoms. The van der Waals surface area contributed by atoms with E-state index >= 15 is 0 Å². The van der Waals surface area contributed by atoms with E-state index in [0.29, 0.717) is 5.92 Å². The molecule has 1 atom stereocenters. The first-order valence-corrected chi connectivity index (χ1v) is 4.95. The Morgan fingerprint density at radius 2 is 2.43 bits per heavy atom. The molecule has 1 aromatic heterocycles. The minimum Gasteiger partial charge on any atom is -0.476 e. The first kappa shape index (κ1) is 9.52. The molecule has 0 saturated carbocycles. The van der Waals surface area contributed by atoms with Gasteiger partial charge in [0.15, 0.2) is 5.69 Å². The van der Waals surface area contributed by atoms with E-state index in [2.05, 4.69) is 11.9 Å². The molecule has 0 saturated heterocycles. The summed E-state index contributed by atoms with van der Waals surface area (Å²) in [5.74, 6) is 0.304. The van der Waals surface area contributed by atoms with Crippen LogP contribution in [0.2, 0.25) is 5.15 Å². The summed E-state index contributed by atoms with van der Waals surface area (Å²) in [7, 11) is 0. The number of halogens is 1. The van der Waals surface area contributed by atoms with Crippen molar-refractivity contribution >= 4 is 17.6 Å². The van der Waals surface area contributed by atoms with Gasteiger partial charge in [-0.15, -0.1) is 0 Å². The van der Waals surface area contributed by atoms with Crippen LogP contribution in [0.3, 0.4) is 0 Å². The summed E-state index contributed by atoms with van der Waals surface area (Å²) in [6.07, 6.45) is 1.84. The Morgan fingerprint density at radius 3 is 3.07 bits per heavy atom. The highest BCUT2D eigenvalue weighted by molar-refractivity contribution is 6.32. The third-order valence-corrected chi connectivity index (χ3v) is 2.95. The molecule has 1 N–H and O–H groups in total. The van der Waals surface area contributed by atoms with E-state index in [-0.39, 0.29) is 10.8 Å². The highest BCUT2D eigenvalue weighted by Crippen LogP contribution is 2.26. The maximum absolute atomic E-state index is 10.8. The summed E-state index contributed by atoms with van der Waals surface area (Å²) in [5, 5.41) is 9.08. The number of carbonyl (C=O) groups is 1. The second-order valence-electron chi connectivity index (χ2n) is 3.72. The number of aromatic nitrogens is 2. The average molecular weight is 215 g/mol. The molecule has 4 nitrogen and oxygen atoms in total. The third-order valence-electron chi connectivity index (χ3n) is 2.56. The van der Waals surface area contributed by atoms with Crippen molar-refractivity contribution in [2.75, 3.05) is 0 Å². The van der Waals surface area contributed by atoms with Gasteiger partial charge in [0, 0.05) is 13.0 Å². The second-order valence-corrected chi connectivity index (χ2v) is 4.08. The van der Waals surface area contributed by atoms with Crippen LogP contribution in [-0.4, -0.2) is 20.6 Å². The molecule has 14 heavy (non-hydrogen) atoms. The van der Waals surface area contributed by atoms with E-state index in [0.717, 1.165) is 25.2 Å². The zero-order valence-electron chi connectivity index (χ0n) is 7.83. The lowest BCUT2D eigenvalue weighted by atomic mass is 10.0. The summed E-state index contributed by atoms with van der Waals surface area (Å²) in [6, 6.07) is 0. The SMILES string of the molecule is C[C@@H]1CCn2c(nc(C(=O)O)c2Cl)C1. The molecule has 0 unspecified atom stereocenters. The largest absolute Gasteiger partial charge is 0.476 e. The van der Waals surface area contributed by atoms with Gasteiger partial charge in [-0.25, -0.2) is 9.78 Å². The van der Waals surface area contributed by atoms with Crippen LogP contribution in [0.15, 0.2) is 0 Å². The average Bonchev–Trinajstić information content (AvgIpc) is 2.43. The fraction of sp³-hybridized carbons (Fsp3) is 0.556. The Hall–Kier alpha value is -1.03. The van der Waals surface area contributed by atoms with Gasteiger partial charge < -0.3 is 9.67 Å². The normalized spacial score (nSPS) is 20.6. The molecule has 0 aliphatic carbocycles. The maximum atomic E-state index is 10.8. The molecule has 2 heterocycles. The van der Waals surface area contributed by atoms with Crippen LogP contribution in [-0.2, 0) is 13.0 Å². The zero-order chi connectivity index (χ0) is 10.3. The number of imidazole rings is 1. The van der Waals surface area contributed by atoms with Gasteiger partial charge in [0.1, 0.15) is 11.0 Å². The summed E-state index contributed by atoms with van der Waals surface area (Å²) in [6.45, 7) is 2.90. The number of rotatable bonds is 1.